The van der Waals surface area contributed by atoms with E-state index < -0.39 is 9.80 Å². The summed E-state index contributed by atoms with van der Waals surface area (Å²) in [6, 6.07) is 11.3. The average Bonchev–Trinajstić information content (AvgIpc) is 2.93. The zero-order chi connectivity index (χ0) is 30.8. The van der Waals surface area contributed by atoms with Gasteiger partial charge in [0.05, 0.1) is 42.8 Å². The van der Waals surface area contributed by atoms with Crippen molar-refractivity contribution < 1.29 is 36.9 Å². The van der Waals surface area contributed by atoms with Crippen LogP contribution in [0.3, 0.4) is 0 Å². The van der Waals surface area contributed by atoms with Gasteiger partial charge in [0.2, 0.25) is 0 Å². The lowest BCUT2D eigenvalue weighted by Gasteiger charge is -2.16. The first-order valence-electron chi connectivity index (χ1n) is 14.6. The molecule has 2 aromatic rings. The molecule has 0 aliphatic heterocycles. The van der Waals surface area contributed by atoms with Crippen LogP contribution in [0.15, 0.2) is 36.4 Å². The highest BCUT2D eigenvalue weighted by atomic mass is 32.2. The van der Waals surface area contributed by atoms with E-state index in [1.165, 1.54) is 6.26 Å². The van der Waals surface area contributed by atoms with Crippen LogP contribution in [0, 0.1) is 0 Å². The molecule has 0 saturated carbocycles. The molecule has 0 amide bonds. The monoisotopic (exact) mass is 600 g/mol. The average molecular weight is 601 g/mol. The number of rotatable bonds is 21. The molecule has 2 aromatic carbocycles. The van der Waals surface area contributed by atoms with Gasteiger partial charge < -0.3 is 18.9 Å². The van der Waals surface area contributed by atoms with Crippen LogP contribution in [0.5, 0.6) is 11.5 Å². The first-order chi connectivity index (χ1) is 20.1. The predicted octanol–water partition coefficient (Wildman–Crippen LogP) is 4.66. The van der Waals surface area contributed by atoms with E-state index in [1.54, 1.807) is 26.0 Å². The number of aryl methyl sites for hydroxylation is 1. The molecular formula is C32H45BO8S. The van der Waals surface area contributed by atoms with Crippen molar-refractivity contribution in [1.82, 2.24) is 0 Å². The number of esters is 2. The van der Waals surface area contributed by atoms with Gasteiger partial charge in [-0.25, -0.2) is 4.21 Å². The van der Waals surface area contributed by atoms with Crippen molar-refractivity contribution in [2.45, 2.75) is 78.2 Å². The molecule has 2 rings (SSSR count). The van der Waals surface area contributed by atoms with Crippen molar-refractivity contribution in [2.24, 2.45) is 0 Å². The van der Waals surface area contributed by atoms with Crippen LogP contribution >= 0.6 is 0 Å². The minimum absolute atomic E-state index is 0.155. The second-order valence-electron chi connectivity index (χ2n) is 10.1. The Morgan fingerprint density at radius 3 is 2.26 bits per heavy atom. The summed E-state index contributed by atoms with van der Waals surface area (Å²) in [7, 11) is 3.43. The van der Waals surface area contributed by atoms with Crippen LogP contribution in [0.25, 0.3) is 0 Å². The molecule has 0 N–H and O–H groups in total. The highest BCUT2D eigenvalue weighted by Gasteiger charge is 2.13. The lowest BCUT2D eigenvalue weighted by molar-refractivity contribution is -0.144. The van der Waals surface area contributed by atoms with Crippen LogP contribution < -0.4 is 14.9 Å². The molecule has 0 fully saturated rings. The van der Waals surface area contributed by atoms with E-state index in [9.17, 15) is 13.8 Å². The number of carbonyl (C=O) groups is 2. The van der Waals surface area contributed by atoms with Gasteiger partial charge in [-0.2, -0.15) is 0 Å². The maximum absolute atomic E-state index is 12.1. The normalized spacial score (nSPS) is 12.4. The number of ether oxygens (including phenoxy) is 4. The number of hydrogen-bond acceptors (Lipinski definition) is 8. The number of carbonyl (C=O) groups excluding carboxylic acids is 2. The molecule has 2 radical (unpaired) electrons. The molecule has 0 aliphatic carbocycles. The Balaban J connectivity index is 1.85. The molecule has 1 atom stereocenters. The van der Waals surface area contributed by atoms with Crippen LogP contribution in [0.4, 0.5) is 0 Å². The van der Waals surface area contributed by atoms with Gasteiger partial charge in [-0.1, -0.05) is 36.5 Å². The second kappa shape index (κ2) is 19.3. The fourth-order valence-corrected chi connectivity index (χ4v) is 4.75. The van der Waals surface area contributed by atoms with Crippen molar-refractivity contribution >= 4 is 40.9 Å². The van der Waals surface area contributed by atoms with Crippen molar-refractivity contribution in [3.63, 3.8) is 0 Å². The summed E-state index contributed by atoms with van der Waals surface area (Å²) in [5.41, 5.74) is 3.52. The molecule has 0 heterocycles. The molecule has 8 nitrogen and oxygen atoms in total. The third kappa shape index (κ3) is 14.8. The fourth-order valence-electron chi connectivity index (χ4n) is 4.36. The van der Waals surface area contributed by atoms with E-state index >= 15 is 0 Å². The summed E-state index contributed by atoms with van der Waals surface area (Å²) in [5, 5.41) is 0. The molecule has 230 valence electrons. The molecule has 42 heavy (non-hydrogen) atoms. The fraction of sp³-hybridized carbons (Fsp3) is 0.531. The van der Waals surface area contributed by atoms with Crippen LogP contribution in [0.2, 0.25) is 0 Å². The van der Waals surface area contributed by atoms with E-state index in [0.29, 0.717) is 56.9 Å². The van der Waals surface area contributed by atoms with Gasteiger partial charge >= 0.3 is 11.9 Å². The smallest absolute Gasteiger partial charge is 0.306 e. The maximum atomic E-state index is 12.1. The second-order valence-corrected chi connectivity index (χ2v) is 12.2. The zero-order valence-corrected chi connectivity index (χ0v) is 26.1. The summed E-state index contributed by atoms with van der Waals surface area (Å²) in [5.74, 6) is 4.44. The first-order valence-corrected chi connectivity index (χ1v) is 16.7. The third-order valence-electron chi connectivity index (χ3n) is 6.28. The summed E-state index contributed by atoms with van der Waals surface area (Å²) >= 11 is 0. The molecular weight excluding hydrogens is 555 g/mol. The van der Waals surface area contributed by atoms with Crippen molar-refractivity contribution in [2.75, 3.05) is 32.7 Å². The lowest BCUT2D eigenvalue weighted by Crippen LogP contribution is -2.10. The van der Waals surface area contributed by atoms with Crippen LogP contribution in [-0.4, -0.2) is 62.5 Å². The Morgan fingerprint density at radius 1 is 0.857 bits per heavy atom. The molecule has 1 unspecified atom stereocenters. The van der Waals surface area contributed by atoms with Crippen LogP contribution in [0.1, 0.15) is 75.5 Å². The van der Waals surface area contributed by atoms with Crippen molar-refractivity contribution in [3.8, 4) is 11.5 Å². The van der Waals surface area contributed by atoms with Gasteiger partial charge in [0.25, 0.3) is 0 Å². The largest absolute Gasteiger partial charge is 0.494 e. The van der Waals surface area contributed by atoms with E-state index in [1.807, 2.05) is 18.2 Å². The van der Waals surface area contributed by atoms with Crippen LogP contribution in [-0.2, 0) is 52.5 Å². The van der Waals surface area contributed by atoms with Gasteiger partial charge in [-0.3, -0.25) is 13.8 Å². The molecule has 0 spiro atoms. The summed E-state index contributed by atoms with van der Waals surface area (Å²) in [6.45, 7) is 5.42. The maximum Gasteiger partial charge on any atom is 0.306 e. The van der Waals surface area contributed by atoms with Gasteiger partial charge in [0, 0.05) is 19.1 Å². The zero-order valence-electron chi connectivity index (χ0n) is 25.3. The number of benzene rings is 2. The van der Waals surface area contributed by atoms with Crippen molar-refractivity contribution in [1.29, 1.82) is 0 Å². The summed E-state index contributed by atoms with van der Waals surface area (Å²) in [6.07, 6.45) is 7.90. The van der Waals surface area contributed by atoms with Gasteiger partial charge in [-0.05, 0) is 86.7 Å². The SMILES string of the molecule is [B]c1cc(COS(=C)(C)=O)cc(OCCCCCCc2cccc(OCCCC(=O)OCC)c2CCC(=O)OCC)c1. The highest BCUT2D eigenvalue weighted by Crippen LogP contribution is 2.26. The Kier molecular flexibility index (Phi) is 16.2. The highest BCUT2D eigenvalue weighted by molar-refractivity contribution is 7.95. The minimum Gasteiger partial charge on any atom is -0.494 e. The lowest BCUT2D eigenvalue weighted by atomic mass is 9.94. The van der Waals surface area contributed by atoms with E-state index in [2.05, 4.69) is 11.9 Å². The summed E-state index contributed by atoms with van der Waals surface area (Å²) < 4.78 is 39.0. The quantitative estimate of drug-likeness (QED) is 0.0884. The first kappa shape index (κ1) is 35.2. The predicted molar refractivity (Wildman–Crippen MR) is 168 cm³/mol. The van der Waals surface area contributed by atoms with E-state index in [0.717, 1.165) is 54.5 Å². The number of unbranched alkanes of at least 4 members (excludes halogenated alkanes) is 3. The Morgan fingerprint density at radius 2 is 1.55 bits per heavy atom. The third-order valence-corrected chi connectivity index (χ3v) is 6.89. The summed E-state index contributed by atoms with van der Waals surface area (Å²) in [4.78, 5) is 23.7. The Labute approximate surface area is 253 Å². The van der Waals surface area contributed by atoms with Crippen molar-refractivity contribution in [3.05, 3.63) is 53.1 Å². The Hall–Kier alpha value is -2.98. The standard InChI is InChI=1S/C32H45BO8S/c1-5-37-31(34)16-12-20-40-30-15-11-14-26(29(30)17-18-32(35)38-6-2)13-9-7-8-10-19-39-28-22-25(21-27(33)23-28)24-41-42(3,4)36/h11,14-15,21-23H,3,5-10,12-13,16-20,24H2,1-2,4H3. The topological polar surface area (TPSA) is 97.4 Å². The minimum atomic E-state index is -2.55. The van der Waals surface area contributed by atoms with E-state index in [4.69, 9.17) is 31.0 Å². The molecule has 10 heteroatoms. The van der Waals surface area contributed by atoms with Gasteiger partial charge in [-0.15, -0.1) is 0 Å². The molecule has 0 saturated heterocycles. The molecule has 0 aliphatic rings. The Bertz CT molecular complexity index is 1230. The number of hydrogen-bond donors (Lipinski definition) is 0. The molecule has 0 bridgehead atoms. The molecule has 0 aromatic heterocycles. The van der Waals surface area contributed by atoms with E-state index in [-0.39, 0.29) is 25.0 Å². The van der Waals surface area contributed by atoms with Gasteiger partial charge in [0.1, 0.15) is 19.3 Å². The van der Waals surface area contributed by atoms with Gasteiger partial charge in [0.15, 0.2) is 0 Å².